The van der Waals surface area contributed by atoms with Gasteiger partial charge in [-0.2, -0.15) is 0 Å². The first-order chi connectivity index (χ1) is 12.6. The number of nitrogens with zero attached hydrogens (tertiary/aromatic N) is 2. The summed E-state index contributed by atoms with van der Waals surface area (Å²) in [6, 6.07) is 5.42. The molecule has 0 bridgehead atoms. The normalized spacial score (nSPS) is 23.9. The number of benzene rings is 1. The smallest absolute Gasteiger partial charge is 0.260 e. The van der Waals surface area contributed by atoms with Crippen molar-refractivity contribution in [2.24, 2.45) is 0 Å². The van der Waals surface area contributed by atoms with Crippen LogP contribution in [0, 0.1) is 0 Å². The standard InChI is InChI=1S/C18H25FN2O5/c1-24-17-8-13(9-20-10-14(19)15(22)11-20)2-3-16(17)26-12-18(23)21-4-6-25-7-5-21/h2-3,8,14-15,22H,4-7,9-12H2,1H3/t14-,15-/m1/s1. The Balaban J connectivity index is 1.57. The lowest BCUT2D eigenvalue weighted by atomic mass is 10.2. The topological polar surface area (TPSA) is 71.5 Å². The number of β-amino-alcohol motifs (C(OH)–C–C–N with tert-alkyl or cyclic N) is 1. The first-order valence-electron chi connectivity index (χ1n) is 8.76. The van der Waals surface area contributed by atoms with Crippen LogP contribution < -0.4 is 9.47 Å². The number of aliphatic hydroxyl groups excluding tert-OH is 1. The van der Waals surface area contributed by atoms with Crippen LogP contribution in [0.1, 0.15) is 5.56 Å². The molecule has 26 heavy (non-hydrogen) atoms. The predicted molar refractivity (Wildman–Crippen MR) is 92.1 cm³/mol. The summed E-state index contributed by atoms with van der Waals surface area (Å²) in [6.45, 7) is 3.25. The Morgan fingerprint density at radius 1 is 1.31 bits per heavy atom. The fourth-order valence-corrected chi connectivity index (χ4v) is 3.18. The zero-order valence-corrected chi connectivity index (χ0v) is 14.9. The molecule has 0 aromatic heterocycles. The third-order valence-electron chi connectivity index (χ3n) is 4.64. The van der Waals surface area contributed by atoms with E-state index in [0.717, 1.165) is 5.56 Å². The summed E-state index contributed by atoms with van der Waals surface area (Å²) in [5.41, 5.74) is 0.926. The van der Waals surface area contributed by atoms with Gasteiger partial charge in [-0.3, -0.25) is 9.69 Å². The summed E-state index contributed by atoms with van der Waals surface area (Å²) in [4.78, 5) is 15.7. The molecule has 0 radical (unpaired) electrons. The third-order valence-corrected chi connectivity index (χ3v) is 4.64. The zero-order chi connectivity index (χ0) is 18.5. The maximum atomic E-state index is 13.4. The maximum absolute atomic E-state index is 13.4. The van der Waals surface area contributed by atoms with Gasteiger partial charge in [0.05, 0.1) is 26.4 Å². The van der Waals surface area contributed by atoms with Crippen molar-refractivity contribution in [2.45, 2.75) is 18.8 Å². The second kappa shape index (κ2) is 8.66. The Labute approximate surface area is 152 Å². The molecule has 0 unspecified atom stereocenters. The number of rotatable bonds is 6. The minimum Gasteiger partial charge on any atom is -0.493 e. The first-order valence-corrected chi connectivity index (χ1v) is 8.76. The van der Waals surface area contributed by atoms with Crippen LogP contribution >= 0.6 is 0 Å². The molecule has 0 saturated carbocycles. The van der Waals surface area contributed by atoms with E-state index in [4.69, 9.17) is 14.2 Å². The minimum absolute atomic E-state index is 0.0580. The molecule has 8 heteroatoms. The molecule has 2 saturated heterocycles. The van der Waals surface area contributed by atoms with Crippen LogP contribution in [0.2, 0.25) is 0 Å². The van der Waals surface area contributed by atoms with E-state index in [1.165, 1.54) is 7.11 Å². The fourth-order valence-electron chi connectivity index (χ4n) is 3.18. The number of morpholine rings is 1. The molecular formula is C18H25FN2O5. The van der Waals surface area contributed by atoms with Gasteiger partial charge in [0.25, 0.3) is 5.91 Å². The molecule has 144 valence electrons. The number of hydrogen-bond acceptors (Lipinski definition) is 6. The van der Waals surface area contributed by atoms with E-state index in [-0.39, 0.29) is 19.1 Å². The van der Waals surface area contributed by atoms with Crippen LogP contribution in [-0.4, -0.2) is 86.2 Å². The van der Waals surface area contributed by atoms with Crippen molar-refractivity contribution in [2.75, 3.05) is 53.1 Å². The number of halogens is 1. The monoisotopic (exact) mass is 368 g/mol. The highest BCUT2D eigenvalue weighted by Crippen LogP contribution is 2.29. The van der Waals surface area contributed by atoms with Gasteiger partial charge in [-0.1, -0.05) is 6.07 Å². The quantitative estimate of drug-likeness (QED) is 0.786. The number of amides is 1. The second-order valence-electron chi connectivity index (χ2n) is 6.54. The van der Waals surface area contributed by atoms with Crippen LogP contribution in [0.5, 0.6) is 11.5 Å². The van der Waals surface area contributed by atoms with E-state index in [2.05, 4.69) is 0 Å². The highest BCUT2D eigenvalue weighted by atomic mass is 19.1. The van der Waals surface area contributed by atoms with Crippen molar-refractivity contribution in [1.29, 1.82) is 0 Å². The highest BCUT2D eigenvalue weighted by molar-refractivity contribution is 5.78. The van der Waals surface area contributed by atoms with E-state index in [1.807, 2.05) is 17.0 Å². The number of carbonyl (C=O) groups is 1. The molecule has 2 aliphatic rings. The van der Waals surface area contributed by atoms with Crippen molar-refractivity contribution in [3.63, 3.8) is 0 Å². The molecule has 2 atom stereocenters. The summed E-state index contributed by atoms with van der Waals surface area (Å²) < 4.78 is 29.7. The summed E-state index contributed by atoms with van der Waals surface area (Å²) in [7, 11) is 1.53. The van der Waals surface area contributed by atoms with Crippen LogP contribution in [0.3, 0.4) is 0 Å². The van der Waals surface area contributed by atoms with E-state index in [1.54, 1.807) is 11.0 Å². The molecule has 0 spiro atoms. The first kappa shape index (κ1) is 18.9. The van der Waals surface area contributed by atoms with Gasteiger partial charge in [0.2, 0.25) is 0 Å². The minimum atomic E-state index is -1.20. The van der Waals surface area contributed by atoms with Gasteiger partial charge in [0, 0.05) is 32.7 Å². The Hall–Kier alpha value is -1.90. The van der Waals surface area contributed by atoms with Crippen molar-refractivity contribution >= 4 is 5.91 Å². The number of aliphatic hydroxyl groups is 1. The van der Waals surface area contributed by atoms with Crippen molar-refractivity contribution in [3.05, 3.63) is 23.8 Å². The average molecular weight is 368 g/mol. The molecule has 7 nitrogen and oxygen atoms in total. The summed E-state index contributed by atoms with van der Waals surface area (Å²) in [6.07, 6.45) is -2.13. The lowest BCUT2D eigenvalue weighted by Gasteiger charge is -2.26. The van der Waals surface area contributed by atoms with Gasteiger partial charge in [0.1, 0.15) is 6.17 Å². The SMILES string of the molecule is COc1cc(CN2C[C@@H](O)[C@H](F)C2)ccc1OCC(=O)N1CCOCC1. The molecule has 2 aliphatic heterocycles. The molecule has 1 amide bonds. The third kappa shape index (κ3) is 4.63. The average Bonchev–Trinajstić information content (AvgIpc) is 2.98. The fraction of sp³-hybridized carbons (Fsp3) is 0.611. The molecule has 2 heterocycles. The van der Waals surface area contributed by atoms with E-state index in [0.29, 0.717) is 50.9 Å². The maximum Gasteiger partial charge on any atom is 0.260 e. The number of carbonyl (C=O) groups excluding carboxylic acids is 1. The van der Waals surface area contributed by atoms with Gasteiger partial charge in [-0.25, -0.2) is 4.39 Å². The molecule has 1 aromatic rings. The Morgan fingerprint density at radius 2 is 2.08 bits per heavy atom. The van der Waals surface area contributed by atoms with Crippen LogP contribution in [-0.2, 0) is 16.1 Å². The van der Waals surface area contributed by atoms with Gasteiger partial charge >= 0.3 is 0 Å². The Morgan fingerprint density at radius 3 is 2.73 bits per heavy atom. The van der Waals surface area contributed by atoms with Gasteiger partial charge in [-0.15, -0.1) is 0 Å². The number of alkyl halides is 1. The highest BCUT2D eigenvalue weighted by Gasteiger charge is 2.31. The van der Waals surface area contributed by atoms with Crippen molar-refractivity contribution in [3.8, 4) is 11.5 Å². The van der Waals surface area contributed by atoms with E-state index >= 15 is 0 Å². The van der Waals surface area contributed by atoms with E-state index < -0.39 is 12.3 Å². The molecule has 1 aromatic carbocycles. The van der Waals surface area contributed by atoms with Crippen LogP contribution in [0.4, 0.5) is 4.39 Å². The van der Waals surface area contributed by atoms with Gasteiger partial charge < -0.3 is 24.2 Å². The van der Waals surface area contributed by atoms with Crippen molar-refractivity contribution in [1.82, 2.24) is 9.80 Å². The number of methoxy groups -OCH3 is 1. The van der Waals surface area contributed by atoms with Crippen LogP contribution in [0.25, 0.3) is 0 Å². The molecule has 3 rings (SSSR count). The van der Waals surface area contributed by atoms with Crippen LogP contribution in [0.15, 0.2) is 18.2 Å². The molecule has 2 fully saturated rings. The van der Waals surface area contributed by atoms with Gasteiger partial charge in [0.15, 0.2) is 18.1 Å². The van der Waals surface area contributed by atoms with Gasteiger partial charge in [-0.05, 0) is 17.7 Å². The lowest BCUT2D eigenvalue weighted by molar-refractivity contribution is -0.137. The van der Waals surface area contributed by atoms with Crippen molar-refractivity contribution < 1.29 is 28.5 Å². The Bertz CT molecular complexity index is 614. The Kier molecular flexibility index (Phi) is 6.29. The molecular weight excluding hydrogens is 343 g/mol. The van der Waals surface area contributed by atoms with E-state index in [9.17, 15) is 14.3 Å². The number of hydrogen-bond donors (Lipinski definition) is 1. The summed E-state index contributed by atoms with van der Waals surface area (Å²) in [5.74, 6) is 0.927. The molecule has 1 N–H and O–H groups in total. The molecule has 0 aliphatic carbocycles. The lowest BCUT2D eigenvalue weighted by Crippen LogP contribution is -2.43. The second-order valence-corrected chi connectivity index (χ2v) is 6.54. The summed E-state index contributed by atoms with van der Waals surface area (Å²) >= 11 is 0. The predicted octanol–water partition coefficient (Wildman–Crippen LogP) is 0.447. The zero-order valence-electron chi connectivity index (χ0n) is 14.9. The number of likely N-dealkylation sites (tertiary alicyclic amines) is 1. The largest absolute Gasteiger partial charge is 0.493 e. The number of ether oxygens (including phenoxy) is 3. The summed E-state index contributed by atoms with van der Waals surface area (Å²) in [5, 5.41) is 9.52.